The monoisotopic (exact) mass is 463 g/mol. The normalized spacial score (nSPS) is 19.6. The van der Waals surface area contributed by atoms with Crippen LogP contribution in [0.4, 0.5) is 10.5 Å². The fourth-order valence-corrected chi connectivity index (χ4v) is 5.23. The van der Waals surface area contributed by atoms with E-state index in [-0.39, 0.29) is 12.0 Å². The summed E-state index contributed by atoms with van der Waals surface area (Å²) in [6.07, 6.45) is 5.89. The smallest absolute Gasteiger partial charge is 0.338 e. The lowest BCUT2D eigenvalue weighted by atomic mass is 9.89. The van der Waals surface area contributed by atoms with Gasteiger partial charge in [0.2, 0.25) is 0 Å². The predicted octanol–water partition coefficient (Wildman–Crippen LogP) is 5.06. The van der Waals surface area contributed by atoms with Crippen molar-refractivity contribution in [2.24, 2.45) is 11.8 Å². The van der Waals surface area contributed by atoms with Crippen molar-refractivity contribution in [3.63, 3.8) is 0 Å². The topological polar surface area (TPSA) is 61.9 Å². The number of esters is 1. The zero-order valence-corrected chi connectivity index (χ0v) is 20.2. The Kier molecular flexibility index (Phi) is 8.58. The molecule has 1 unspecified atom stereocenters. The second-order valence-electron chi connectivity index (χ2n) is 9.62. The van der Waals surface area contributed by atoms with E-state index in [4.69, 9.17) is 4.74 Å². The minimum absolute atomic E-state index is 0.0905. The highest BCUT2D eigenvalue weighted by Crippen LogP contribution is 2.25. The molecule has 2 aromatic rings. The maximum Gasteiger partial charge on any atom is 0.338 e. The Labute approximate surface area is 203 Å². The van der Waals surface area contributed by atoms with Gasteiger partial charge in [0.25, 0.3) is 0 Å². The van der Waals surface area contributed by atoms with Crippen molar-refractivity contribution in [3.8, 4) is 0 Å². The molecule has 2 aromatic carbocycles. The molecule has 2 aliphatic rings. The summed E-state index contributed by atoms with van der Waals surface area (Å²) in [7, 11) is 0. The van der Waals surface area contributed by atoms with E-state index in [0.717, 1.165) is 45.1 Å². The highest BCUT2D eigenvalue weighted by Gasteiger charge is 2.27. The molecule has 2 amide bonds. The van der Waals surface area contributed by atoms with Crippen LogP contribution < -0.4 is 5.32 Å². The van der Waals surface area contributed by atoms with E-state index in [9.17, 15) is 9.59 Å². The first-order valence-corrected chi connectivity index (χ1v) is 12.7. The van der Waals surface area contributed by atoms with Crippen LogP contribution in [0.5, 0.6) is 0 Å². The minimum atomic E-state index is -0.371. The van der Waals surface area contributed by atoms with Crippen molar-refractivity contribution in [2.45, 2.75) is 39.0 Å². The van der Waals surface area contributed by atoms with Gasteiger partial charge in [0.15, 0.2) is 0 Å². The van der Waals surface area contributed by atoms with Gasteiger partial charge in [-0.15, -0.1) is 0 Å². The number of amides is 2. The lowest BCUT2D eigenvalue weighted by Crippen LogP contribution is -2.46. The number of nitrogens with one attached hydrogen (secondary N) is 1. The molecule has 4 rings (SSSR count). The molecule has 6 heteroatoms. The first kappa shape index (κ1) is 24.3. The molecule has 2 saturated heterocycles. The van der Waals surface area contributed by atoms with Gasteiger partial charge in [0.1, 0.15) is 0 Å². The molecular weight excluding hydrogens is 426 g/mol. The largest absolute Gasteiger partial charge is 0.462 e. The third-order valence-corrected chi connectivity index (χ3v) is 7.02. The van der Waals surface area contributed by atoms with Crippen LogP contribution >= 0.6 is 0 Å². The number of urea groups is 1. The number of benzene rings is 2. The highest BCUT2D eigenvalue weighted by atomic mass is 16.5. The zero-order chi connectivity index (χ0) is 23.8. The lowest BCUT2D eigenvalue weighted by Gasteiger charge is -2.38. The molecule has 1 atom stereocenters. The number of piperidine rings is 2. The molecule has 0 aliphatic carbocycles. The van der Waals surface area contributed by atoms with Crippen molar-refractivity contribution < 1.29 is 14.3 Å². The van der Waals surface area contributed by atoms with Gasteiger partial charge in [0, 0.05) is 25.3 Å². The van der Waals surface area contributed by atoms with Crippen LogP contribution in [0.25, 0.3) is 0 Å². The lowest BCUT2D eigenvalue weighted by molar-refractivity contribution is 0.0526. The molecule has 0 aromatic heterocycles. The first-order valence-electron chi connectivity index (χ1n) is 12.7. The number of nitrogens with zero attached hydrogens (tertiary/aromatic N) is 2. The van der Waals surface area contributed by atoms with Crippen molar-refractivity contribution in [1.29, 1.82) is 0 Å². The van der Waals surface area contributed by atoms with Gasteiger partial charge in [-0.3, -0.25) is 0 Å². The number of carbonyl (C=O) groups is 2. The van der Waals surface area contributed by atoms with E-state index in [2.05, 4.69) is 40.5 Å². The summed E-state index contributed by atoms with van der Waals surface area (Å²) in [5.74, 6) is 0.915. The van der Waals surface area contributed by atoms with Crippen LogP contribution in [0.3, 0.4) is 0 Å². The molecule has 0 saturated carbocycles. The third kappa shape index (κ3) is 6.83. The molecule has 182 valence electrons. The molecule has 6 nitrogen and oxygen atoms in total. The molecule has 0 spiro atoms. The molecular formula is C28H37N3O3. The average molecular weight is 464 g/mol. The van der Waals surface area contributed by atoms with Gasteiger partial charge in [-0.1, -0.05) is 36.4 Å². The SMILES string of the molecule is CCOC(=O)c1cccc(NC(=O)N2CCCC(CN3CCC(Cc4ccccc4)CC3)C2)c1. The summed E-state index contributed by atoms with van der Waals surface area (Å²) < 4.78 is 5.06. The molecule has 1 N–H and O–H groups in total. The van der Waals surface area contributed by atoms with Crippen LogP contribution in [0.1, 0.15) is 48.5 Å². The molecule has 2 fully saturated rings. The highest BCUT2D eigenvalue weighted by molar-refractivity contribution is 5.94. The van der Waals surface area contributed by atoms with Crippen molar-refractivity contribution >= 4 is 17.7 Å². The van der Waals surface area contributed by atoms with Crippen LogP contribution in [0, 0.1) is 11.8 Å². The van der Waals surface area contributed by atoms with Crippen molar-refractivity contribution in [2.75, 3.05) is 44.6 Å². The molecule has 0 radical (unpaired) electrons. The maximum absolute atomic E-state index is 12.9. The second kappa shape index (κ2) is 12.0. The fraction of sp³-hybridized carbons (Fsp3) is 0.500. The van der Waals surface area contributed by atoms with Crippen LogP contribution in [0.2, 0.25) is 0 Å². The Morgan fingerprint density at radius 3 is 2.53 bits per heavy atom. The fourth-order valence-electron chi connectivity index (χ4n) is 5.23. The number of hydrogen-bond acceptors (Lipinski definition) is 4. The summed E-state index contributed by atoms with van der Waals surface area (Å²) in [5.41, 5.74) is 2.52. The Bertz CT molecular complexity index is 941. The number of carbonyl (C=O) groups excluding carboxylic acids is 2. The molecule has 2 aliphatic heterocycles. The van der Waals surface area contributed by atoms with E-state index in [1.54, 1.807) is 25.1 Å². The van der Waals surface area contributed by atoms with E-state index < -0.39 is 0 Å². The summed E-state index contributed by atoms with van der Waals surface area (Å²) in [6, 6.07) is 17.7. The van der Waals surface area contributed by atoms with Crippen LogP contribution in [0.15, 0.2) is 54.6 Å². The second-order valence-corrected chi connectivity index (χ2v) is 9.62. The predicted molar refractivity (Wildman–Crippen MR) is 135 cm³/mol. The Morgan fingerprint density at radius 2 is 1.76 bits per heavy atom. The zero-order valence-electron chi connectivity index (χ0n) is 20.2. The van der Waals surface area contributed by atoms with Gasteiger partial charge >= 0.3 is 12.0 Å². The maximum atomic E-state index is 12.9. The Balaban J connectivity index is 1.23. The number of hydrogen-bond donors (Lipinski definition) is 1. The quantitative estimate of drug-likeness (QED) is 0.583. The molecule has 0 bridgehead atoms. The van der Waals surface area contributed by atoms with E-state index >= 15 is 0 Å². The van der Waals surface area contributed by atoms with Crippen LogP contribution in [-0.4, -0.2) is 61.1 Å². The summed E-state index contributed by atoms with van der Waals surface area (Å²) in [5, 5.41) is 2.97. The van der Waals surface area contributed by atoms with Crippen molar-refractivity contribution in [3.05, 3.63) is 65.7 Å². The Morgan fingerprint density at radius 1 is 0.971 bits per heavy atom. The third-order valence-electron chi connectivity index (χ3n) is 7.02. The van der Waals surface area contributed by atoms with E-state index in [1.165, 1.54) is 31.2 Å². The Hall–Kier alpha value is -2.86. The van der Waals surface area contributed by atoms with Gasteiger partial charge in [0.05, 0.1) is 12.2 Å². The van der Waals surface area contributed by atoms with E-state index in [0.29, 0.717) is 23.8 Å². The number of likely N-dealkylation sites (tertiary alicyclic amines) is 2. The van der Waals surface area contributed by atoms with E-state index in [1.807, 2.05) is 11.0 Å². The molecule has 34 heavy (non-hydrogen) atoms. The number of ether oxygens (including phenoxy) is 1. The summed E-state index contributed by atoms with van der Waals surface area (Å²) in [4.78, 5) is 29.4. The van der Waals surface area contributed by atoms with Crippen molar-refractivity contribution in [1.82, 2.24) is 9.80 Å². The summed E-state index contributed by atoms with van der Waals surface area (Å²) in [6.45, 7) is 7.05. The number of rotatable bonds is 7. The number of anilines is 1. The first-order chi connectivity index (χ1) is 16.6. The van der Waals surface area contributed by atoms with Gasteiger partial charge in [-0.25, -0.2) is 9.59 Å². The van der Waals surface area contributed by atoms with Crippen LogP contribution in [-0.2, 0) is 11.2 Å². The standard InChI is InChI=1S/C28H37N3O3/c1-2-34-27(32)25-11-6-12-26(19-25)29-28(33)31-15-7-10-24(21-31)20-30-16-13-23(14-17-30)18-22-8-4-3-5-9-22/h3-6,8-9,11-12,19,23-24H,2,7,10,13-18,20-21H2,1H3,(H,29,33). The molecule has 2 heterocycles. The summed E-state index contributed by atoms with van der Waals surface area (Å²) >= 11 is 0. The van der Waals surface area contributed by atoms with Gasteiger partial charge < -0.3 is 19.9 Å². The van der Waals surface area contributed by atoms with Gasteiger partial charge in [-0.05, 0) is 87.7 Å². The minimum Gasteiger partial charge on any atom is -0.462 e. The average Bonchev–Trinajstić information content (AvgIpc) is 2.86. The van der Waals surface area contributed by atoms with Gasteiger partial charge in [-0.2, -0.15) is 0 Å².